The predicted octanol–water partition coefficient (Wildman–Crippen LogP) is 0.965. The SMILES string of the molecule is C=CCN(C1CC1)S(=O)(=O)C(C)CNCC. The van der Waals surface area contributed by atoms with Gasteiger partial charge in [0.2, 0.25) is 10.0 Å². The summed E-state index contributed by atoms with van der Waals surface area (Å²) >= 11 is 0. The lowest BCUT2D eigenvalue weighted by Crippen LogP contribution is -2.43. The second-order valence-electron chi connectivity index (χ2n) is 4.25. The fourth-order valence-electron chi connectivity index (χ4n) is 1.63. The third-order valence-corrected chi connectivity index (χ3v) is 5.06. The van der Waals surface area contributed by atoms with Crippen molar-refractivity contribution in [2.45, 2.75) is 38.0 Å². The zero-order chi connectivity index (χ0) is 12.2. The molecular formula is C11H22N2O2S. The zero-order valence-electron chi connectivity index (χ0n) is 10.1. The van der Waals surface area contributed by atoms with Crippen LogP contribution in [0.15, 0.2) is 12.7 Å². The Morgan fingerprint density at radius 3 is 2.62 bits per heavy atom. The summed E-state index contributed by atoms with van der Waals surface area (Å²) in [6.07, 6.45) is 3.64. The molecule has 16 heavy (non-hydrogen) atoms. The first-order valence-corrected chi connectivity index (χ1v) is 7.36. The van der Waals surface area contributed by atoms with E-state index >= 15 is 0 Å². The van der Waals surface area contributed by atoms with Gasteiger partial charge in [-0.25, -0.2) is 8.42 Å². The van der Waals surface area contributed by atoms with E-state index in [0.717, 1.165) is 19.4 Å². The first kappa shape index (κ1) is 13.7. The van der Waals surface area contributed by atoms with E-state index in [-0.39, 0.29) is 11.3 Å². The summed E-state index contributed by atoms with van der Waals surface area (Å²) in [5.74, 6) is 0. The molecule has 94 valence electrons. The van der Waals surface area contributed by atoms with Crippen LogP contribution in [0, 0.1) is 0 Å². The van der Waals surface area contributed by atoms with Crippen molar-refractivity contribution in [3.63, 3.8) is 0 Å². The summed E-state index contributed by atoms with van der Waals surface area (Å²) in [7, 11) is -3.17. The quantitative estimate of drug-likeness (QED) is 0.649. The van der Waals surface area contributed by atoms with Crippen LogP contribution in [-0.4, -0.2) is 43.6 Å². The number of nitrogens with zero attached hydrogens (tertiary/aromatic N) is 1. The summed E-state index contributed by atoms with van der Waals surface area (Å²) in [5.41, 5.74) is 0. The molecule has 1 unspecified atom stereocenters. The van der Waals surface area contributed by atoms with Crippen molar-refractivity contribution in [3.05, 3.63) is 12.7 Å². The Labute approximate surface area is 98.8 Å². The standard InChI is InChI=1S/C11H22N2O2S/c1-4-8-13(11-6-7-11)16(14,15)10(3)9-12-5-2/h4,10-12H,1,5-9H2,2-3H3. The summed E-state index contributed by atoms with van der Waals surface area (Å²) in [6.45, 7) is 9.10. The molecule has 1 N–H and O–H groups in total. The Balaban J connectivity index is 2.68. The van der Waals surface area contributed by atoms with Gasteiger partial charge in [0, 0.05) is 19.1 Å². The molecule has 0 heterocycles. The summed E-state index contributed by atoms with van der Waals surface area (Å²) in [5, 5.41) is 2.71. The Morgan fingerprint density at radius 2 is 2.19 bits per heavy atom. The van der Waals surface area contributed by atoms with Crippen LogP contribution < -0.4 is 5.32 Å². The van der Waals surface area contributed by atoms with E-state index in [1.165, 1.54) is 0 Å². The molecule has 1 aliphatic rings. The Kier molecular flexibility index (Phi) is 4.95. The van der Waals surface area contributed by atoms with Crippen LogP contribution in [0.5, 0.6) is 0 Å². The van der Waals surface area contributed by atoms with Gasteiger partial charge in [-0.3, -0.25) is 0 Å². The van der Waals surface area contributed by atoms with Crippen molar-refractivity contribution < 1.29 is 8.42 Å². The number of sulfonamides is 1. The minimum Gasteiger partial charge on any atom is -0.316 e. The summed E-state index contributed by atoms with van der Waals surface area (Å²) in [4.78, 5) is 0. The van der Waals surface area contributed by atoms with Gasteiger partial charge in [0.05, 0.1) is 5.25 Å². The second-order valence-corrected chi connectivity index (χ2v) is 6.56. The van der Waals surface area contributed by atoms with Crippen molar-refractivity contribution >= 4 is 10.0 Å². The molecule has 5 heteroatoms. The van der Waals surface area contributed by atoms with E-state index in [1.54, 1.807) is 17.3 Å². The molecule has 0 spiro atoms. The molecule has 0 radical (unpaired) electrons. The number of rotatable bonds is 8. The number of nitrogens with one attached hydrogen (secondary N) is 1. The van der Waals surface area contributed by atoms with Gasteiger partial charge in [0.25, 0.3) is 0 Å². The van der Waals surface area contributed by atoms with Crippen molar-refractivity contribution in [3.8, 4) is 0 Å². The lowest BCUT2D eigenvalue weighted by Gasteiger charge is -2.24. The van der Waals surface area contributed by atoms with E-state index < -0.39 is 10.0 Å². The molecule has 1 aliphatic carbocycles. The Bertz CT molecular complexity index is 323. The Morgan fingerprint density at radius 1 is 1.56 bits per heavy atom. The maximum Gasteiger partial charge on any atom is 0.218 e. The summed E-state index contributed by atoms with van der Waals surface area (Å²) in [6, 6.07) is 0.215. The normalized spacial score (nSPS) is 18.7. The van der Waals surface area contributed by atoms with Crippen LogP contribution in [0.3, 0.4) is 0 Å². The molecule has 1 saturated carbocycles. The highest BCUT2D eigenvalue weighted by Gasteiger charge is 2.38. The Hall–Kier alpha value is -0.390. The van der Waals surface area contributed by atoms with Crippen LogP contribution in [0.2, 0.25) is 0 Å². The third kappa shape index (κ3) is 3.30. The van der Waals surface area contributed by atoms with Crippen molar-refractivity contribution in [1.82, 2.24) is 9.62 Å². The summed E-state index contributed by atoms with van der Waals surface area (Å²) < 4.78 is 26.1. The van der Waals surface area contributed by atoms with Crippen molar-refractivity contribution in [2.24, 2.45) is 0 Å². The fraction of sp³-hybridized carbons (Fsp3) is 0.818. The van der Waals surface area contributed by atoms with Gasteiger partial charge in [-0.2, -0.15) is 4.31 Å². The molecule has 0 aromatic heterocycles. The highest BCUT2D eigenvalue weighted by atomic mass is 32.2. The van der Waals surface area contributed by atoms with Crippen LogP contribution in [0.4, 0.5) is 0 Å². The fourth-order valence-corrected chi connectivity index (χ4v) is 3.36. The highest BCUT2D eigenvalue weighted by Crippen LogP contribution is 2.30. The first-order valence-electron chi connectivity index (χ1n) is 5.86. The van der Waals surface area contributed by atoms with Gasteiger partial charge in [-0.15, -0.1) is 6.58 Å². The van der Waals surface area contributed by atoms with Gasteiger partial charge in [0.15, 0.2) is 0 Å². The largest absolute Gasteiger partial charge is 0.316 e. The van der Waals surface area contributed by atoms with E-state index in [9.17, 15) is 8.42 Å². The number of hydrogen-bond acceptors (Lipinski definition) is 3. The minimum absolute atomic E-state index is 0.215. The van der Waals surface area contributed by atoms with Crippen molar-refractivity contribution in [2.75, 3.05) is 19.6 Å². The van der Waals surface area contributed by atoms with E-state index in [2.05, 4.69) is 11.9 Å². The van der Waals surface area contributed by atoms with Crippen LogP contribution in [-0.2, 0) is 10.0 Å². The van der Waals surface area contributed by atoms with Gasteiger partial charge in [-0.05, 0) is 26.3 Å². The molecule has 0 bridgehead atoms. The smallest absolute Gasteiger partial charge is 0.218 e. The van der Waals surface area contributed by atoms with Gasteiger partial charge in [0.1, 0.15) is 0 Å². The second kappa shape index (κ2) is 5.80. The lowest BCUT2D eigenvalue weighted by molar-refractivity contribution is 0.426. The first-order chi connectivity index (χ1) is 7.54. The zero-order valence-corrected chi connectivity index (χ0v) is 11.0. The molecular weight excluding hydrogens is 224 g/mol. The maximum absolute atomic E-state index is 12.2. The molecule has 4 nitrogen and oxygen atoms in total. The monoisotopic (exact) mass is 246 g/mol. The topological polar surface area (TPSA) is 49.4 Å². The molecule has 0 amide bonds. The highest BCUT2D eigenvalue weighted by molar-refractivity contribution is 7.89. The average molecular weight is 246 g/mol. The average Bonchev–Trinajstić information content (AvgIpc) is 3.05. The van der Waals surface area contributed by atoms with Gasteiger partial charge < -0.3 is 5.32 Å². The van der Waals surface area contributed by atoms with Gasteiger partial charge in [-0.1, -0.05) is 13.0 Å². The van der Waals surface area contributed by atoms with E-state index in [0.29, 0.717) is 13.1 Å². The third-order valence-electron chi connectivity index (χ3n) is 2.78. The molecule has 0 aromatic rings. The molecule has 0 saturated heterocycles. The molecule has 1 rings (SSSR count). The molecule has 1 atom stereocenters. The predicted molar refractivity (Wildman–Crippen MR) is 66.9 cm³/mol. The van der Waals surface area contributed by atoms with E-state index in [1.807, 2.05) is 6.92 Å². The number of hydrogen-bond donors (Lipinski definition) is 1. The van der Waals surface area contributed by atoms with Gasteiger partial charge >= 0.3 is 0 Å². The molecule has 1 fully saturated rings. The van der Waals surface area contributed by atoms with Crippen LogP contribution >= 0.6 is 0 Å². The van der Waals surface area contributed by atoms with Crippen LogP contribution in [0.1, 0.15) is 26.7 Å². The maximum atomic E-state index is 12.2. The molecule has 0 aromatic carbocycles. The minimum atomic E-state index is -3.17. The molecule has 0 aliphatic heterocycles. The lowest BCUT2D eigenvalue weighted by atomic mass is 10.5. The van der Waals surface area contributed by atoms with Crippen molar-refractivity contribution in [1.29, 1.82) is 0 Å². The van der Waals surface area contributed by atoms with E-state index in [4.69, 9.17) is 0 Å². The van der Waals surface area contributed by atoms with Crippen LogP contribution in [0.25, 0.3) is 0 Å².